The van der Waals surface area contributed by atoms with Gasteiger partial charge in [-0.25, -0.2) is 4.98 Å². The number of aromatic nitrogens is 4. The van der Waals surface area contributed by atoms with Gasteiger partial charge in [0, 0.05) is 33.3 Å². The van der Waals surface area contributed by atoms with Crippen LogP contribution in [-0.2, 0) is 10.8 Å². The summed E-state index contributed by atoms with van der Waals surface area (Å²) in [4.78, 5) is 10.2. The first-order chi connectivity index (χ1) is 44.3. The van der Waals surface area contributed by atoms with Crippen molar-refractivity contribution < 1.29 is 0 Å². The van der Waals surface area contributed by atoms with E-state index in [1.165, 1.54) is 11.1 Å². The molecule has 0 unspecified atom stereocenters. The number of nitrogen functional groups attached to an aromatic ring is 1. The topological polar surface area (TPSA) is 83.4 Å². The van der Waals surface area contributed by atoms with Crippen LogP contribution in [0.4, 0.5) is 28.4 Å². The molecule has 1 aliphatic rings. The van der Waals surface area contributed by atoms with Crippen LogP contribution in [0.2, 0.25) is 0 Å². The van der Waals surface area contributed by atoms with Gasteiger partial charge in [-0.15, -0.1) is 0 Å². The molecule has 0 saturated carbocycles. The molecule has 0 amide bonds. The zero-order valence-corrected chi connectivity index (χ0v) is 51.8. The molecule has 0 atom stereocenters. The van der Waals surface area contributed by atoms with Gasteiger partial charge in [-0.2, -0.15) is 5.26 Å². The summed E-state index contributed by atoms with van der Waals surface area (Å²) >= 11 is 0. The van der Waals surface area contributed by atoms with Crippen molar-refractivity contribution in [1.82, 2.24) is 18.5 Å². The zero-order valence-electron chi connectivity index (χ0n) is 51.8. The lowest BCUT2D eigenvalue weighted by atomic mass is 9.84. The SMILES string of the molecule is CC(C)(C)c1ccc2c(c1)c1cc(C(C)(C)C)ccc1n2-c1cc(-c2ccccc2)c(-c2ccc(N)c(N3CN(c4ccccc4)c4ccc(-c5ccccc5)cc43)c2)c(C#N)c1-c1ccc2nc3n(-c4ccccc4)c4ccc(-c5ccccc5)cc4n3c2c1. The minimum absolute atomic E-state index is 0.109. The number of hydrogen-bond acceptors (Lipinski definition) is 5. The molecule has 0 radical (unpaired) electrons. The fourth-order valence-electron chi connectivity index (χ4n) is 13.9. The molecule has 0 bridgehead atoms. The Morgan fingerprint density at radius 3 is 1.49 bits per heavy atom. The maximum Gasteiger partial charge on any atom is 0.220 e. The van der Waals surface area contributed by atoms with Gasteiger partial charge >= 0.3 is 0 Å². The number of para-hydroxylation sites is 2. The van der Waals surface area contributed by atoms with Crippen LogP contribution in [-0.4, -0.2) is 25.2 Å². The molecule has 16 rings (SSSR count). The highest BCUT2D eigenvalue weighted by molar-refractivity contribution is 6.12. The number of imidazole rings is 2. The van der Waals surface area contributed by atoms with E-state index in [2.05, 4.69) is 332 Å². The van der Waals surface area contributed by atoms with Crippen molar-refractivity contribution >= 4 is 78.1 Å². The fourth-order valence-corrected chi connectivity index (χ4v) is 13.9. The van der Waals surface area contributed by atoms with Gasteiger partial charge in [0.05, 0.1) is 67.1 Å². The number of fused-ring (bicyclic) bond motifs is 9. The van der Waals surface area contributed by atoms with E-state index >= 15 is 0 Å². The molecule has 15 aromatic rings. The molecule has 0 fully saturated rings. The Kier molecular flexibility index (Phi) is 12.8. The van der Waals surface area contributed by atoms with Gasteiger partial charge < -0.3 is 20.1 Å². The number of benzene rings is 12. The first-order valence-electron chi connectivity index (χ1n) is 31.3. The van der Waals surface area contributed by atoms with Crippen molar-refractivity contribution in [3.63, 3.8) is 0 Å². The predicted octanol–water partition coefficient (Wildman–Crippen LogP) is 21.2. The smallest absolute Gasteiger partial charge is 0.220 e. The molecule has 438 valence electrons. The molecule has 0 aliphatic carbocycles. The van der Waals surface area contributed by atoms with Crippen LogP contribution in [0.1, 0.15) is 58.2 Å². The van der Waals surface area contributed by atoms with Crippen molar-refractivity contribution in [2.24, 2.45) is 0 Å². The minimum atomic E-state index is -0.109. The number of hydrogen-bond donors (Lipinski definition) is 1. The quantitative estimate of drug-likeness (QED) is 0.146. The standard InChI is InChI=1S/C83H66N8/c1-82(2,3)60-36-42-70-65(48-60)66-49-61(83(4,5)6)37-43-71(66)90(70)78-50-64(55-26-16-9-17-27-55)79(58-32-38-68(85)74(46-58)88-52-87(62-28-18-10-19-29-62)72-40-34-56(44-76(72)88)53-22-12-7-13-23-53)67(51-84)80(78)59-33-39-69-75(47-59)91-77-45-57(54-24-14-8-15-25-54)35-41-73(77)89(81(91)86-69)63-30-20-11-21-31-63/h7-50H,52,85H2,1-6H3. The molecular weight excluding hydrogens is 1110 g/mol. The summed E-state index contributed by atoms with van der Waals surface area (Å²) in [6.45, 7) is 14.2. The van der Waals surface area contributed by atoms with Crippen molar-refractivity contribution in [1.29, 1.82) is 5.26 Å². The van der Waals surface area contributed by atoms with Gasteiger partial charge in [0.1, 0.15) is 12.7 Å². The van der Waals surface area contributed by atoms with Crippen LogP contribution in [0.5, 0.6) is 0 Å². The highest BCUT2D eigenvalue weighted by Crippen LogP contribution is 2.52. The second kappa shape index (κ2) is 21.1. The van der Waals surface area contributed by atoms with Gasteiger partial charge in [-0.05, 0) is 170 Å². The third kappa shape index (κ3) is 9.14. The number of rotatable bonds is 9. The van der Waals surface area contributed by atoms with Crippen LogP contribution in [0.25, 0.3) is 117 Å². The van der Waals surface area contributed by atoms with Crippen LogP contribution in [0.3, 0.4) is 0 Å². The third-order valence-electron chi connectivity index (χ3n) is 18.6. The molecule has 12 aromatic carbocycles. The molecule has 1 aliphatic heterocycles. The summed E-state index contributed by atoms with van der Waals surface area (Å²) in [6, 6.07) is 98.4. The van der Waals surface area contributed by atoms with Crippen molar-refractivity contribution in [3.8, 4) is 73.1 Å². The largest absolute Gasteiger partial charge is 0.397 e. The van der Waals surface area contributed by atoms with E-state index in [9.17, 15) is 5.26 Å². The summed E-state index contributed by atoms with van der Waals surface area (Å²) in [5, 5.41) is 14.9. The zero-order chi connectivity index (χ0) is 61.9. The lowest BCUT2D eigenvalue weighted by molar-refractivity contribution is 0.590. The highest BCUT2D eigenvalue weighted by Gasteiger charge is 2.33. The Hall–Kier alpha value is -11.4. The molecule has 0 spiro atoms. The lowest BCUT2D eigenvalue weighted by Crippen LogP contribution is -2.24. The van der Waals surface area contributed by atoms with E-state index in [0.717, 1.165) is 139 Å². The Bertz CT molecular complexity index is 5340. The van der Waals surface area contributed by atoms with Crippen LogP contribution in [0.15, 0.2) is 267 Å². The van der Waals surface area contributed by atoms with Crippen LogP contribution < -0.4 is 15.5 Å². The fraction of sp³-hybridized carbons (Fsp3) is 0.108. The summed E-state index contributed by atoms with van der Waals surface area (Å²) < 4.78 is 7.00. The van der Waals surface area contributed by atoms with Gasteiger partial charge in [0.25, 0.3) is 0 Å². The van der Waals surface area contributed by atoms with Gasteiger partial charge in [0.15, 0.2) is 0 Å². The minimum Gasteiger partial charge on any atom is -0.397 e. The van der Waals surface area contributed by atoms with Gasteiger partial charge in [-0.1, -0.05) is 205 Å². The molecule has 4 heterocycles. The van der Waals surface area contributed by atoms with E-state index < -0.39 is 0 Å². The Labute approximate surface area is 530 Å². The number of nitrogens with two attached hydrogens (primary N) is 1. The van der Waals surface area contributed by atoms with Crippen molar-refractivity contribution in [2.75, 3.05) is 22.2 Å². The summed E-state index contributed by atoms with van der Waals surface area (Å²) in [5.74, 6) is 0.797. The second-order valence-electron chi connectivity index (χ2n) is 26.2. The maximum atomic E-state index is 12.6. The number of anilines is 5. The number of nitrogens with zero attached hydrogens (tertiary/aromatic N) is 7. The van der Waals surface area contributed by atoms with Crippen LogP contribution in [0, 0.1) is 11.3 Å². The van der Waals surface area contributed by atoms with E-state index in [4.69, 9.17) is 10.7 Å². The Morgan fingerprint density at radius 1 is 0.385 bits per heavy atom. The van der Waals surface area contributed by atoms with E-state index in [0.29, 0.717) is 17.9 Å². The predicted molar refractivity (Wildman–Crippen MR) is 380 cm³/mol. The third-order valence-corrected chi connectivity index (χ3v) is 18.6. The Morgan fingerprint density at radius 2 is 0.890 bits per heavy atom. The molecule has 8 nitrogen and oxygen atoms in total. The lowest BCUT2D eigenvalue weighted by Gasteiger charge is -2.25. The van der Waals surface area contributed by atoms with Gasteiger partial charge in [0.2, 0.25) is 5.78 Å². The monoisotopic (exact) mass is 1170 g/mol. The molecular formula is C83H66N8. The maximum absolute atomic E-state index is 12.6. The average molecular weight is 1180 g/mol. The molecule has 3 aromatic heterocycles. The van der Waals surface area contributed by atoms with Crippen LogP contribution >= 0.6 is 0 Å². The first kappa shape index (κ1) is 55.0. The molecule has 2 N–H and O–H groups in total. The normalized spacial score (nSPS) is 12.7. The van der Waals surface area contributed by atoms with Gasteiger partial charge in [-0.3, -0.25) is 8.97 Å². The van der Waals surface area contributed by atoms with Crippen molar-refractivity contribution in [2.45, 2.75) is 52.4 Å². The van der Waals surface area contributed by atoms with E-state index in [-0.39, 0.29) is 10.8 Å². The van der Waals surface area contributed by atoms with E-state index in [1.54, 1.807) is 0 Å². The highest BCUT2D eigenvalue weighted by atomic mass is 15.4. The Balaban J connectivity index is 1.00. The molecule has 8 heteroatoms. The van der Waals surface area contributed by atoms with E-state index in [1.807, 2.05) is 6.07 Å². The summed E-state index contributed by atoms with van der Waals surface area (Å²) in [5.41, 5.74) is 32.4. The second-order valence-corrected chi connectivity index (χ2v) is 26.2. The molecule has 91 heavy (non-hydrogen) atoms. The first-order valence-corrected chi connectivity index (χ1v) is 31.3. The van der Waals surface area contributed by atoms with Crippen molar-refractivity contribution in [3.05, 3.63) is 284 Å². The summed E-state index contributed by atoms with van der Waals surface area (Å²) in [7, 11) is 0. The average Bonchev–Trinajstić information content (AvgIpc) is 1.63. The molecule has 0 saturated heterocycles. The number of nitriles is 1. The summed E-state index contributed by atoms with van der Waals surface area (Å²) in [6.07, 6.45) is 0.